The molecule has 6 N–H and O–H groups in total. The molecule has 9 nitrogen and oxygen atoms in total. The molecule has 0 unspecified atom stereocenters. The lowest BCUT2D eigenvalue weighted by molar-refractivity contribution is -0.152. The molecule has 10 heteroatoms. The number of aromatic hydroxyl groups is 1. The maximum absolute atomic E-state index is 14.5. The van der Waals surface area contributed by atoms with Gasteiger partial charge in [0.15, 0.2) is 11.4 Å². The summed E-state index contributed by atoms with van der Waals surface area (Å²) >= 11 is 0. The fourth-order valence-electron chi connectivity index (χ4n) is 5.26. The Hall–Kier alpha value is -3.92. The average Bonchev–Trinajstić information content (AvgIpc) is 2.75. The number of Topliss-reactive ketones (excluding diaryl/α,β-unsaturated/α-hetero) is 2. The van der Waals surface area contributed by atoms with Gasteiger partial charge in [-0.15, -0.1) is 0 Å². The zero-order valence-corrected chi connectivity index (χ0v) is 17.3. The molecule has 4 atom stereocenters. The molecule has 33 heavy (non-hydrogen) atoms. The summed E-state index contributed by atoms with van der Waals surface area (Å²) in [6.07, 6.45) is 2.10. The summed E-state index contributed by atoms with van der Waals surface area (Å²) in [5.41, 5.74) is 0.845. The van der Waals surface area contributed by atoms with Crippen LogP contribution in [0.2, 0.25) is 0 Å². The van der Waals surface area contributed by atoms with Gasteiger partial charge in [-0.1, -0.05) is 13.2 Å². The standard InChI is InChI=1S/C23H21FN2O7/c1-3-26(4-2)17-11-8-9-7-10-12(24)5-6-13(27)15(10)18(28)14(9)20(30)23(11,33)21(31)16(19(17)29)22(25)32/h3-6,9,11,17,27-28,31,33H,1-2,7-8H2,(H2,25,32)/t9-,11-,17-,23-/m0/s1. The largest absolute Gasteiger partial charge is 0.508 e. The Kier molecular flexibility index (Phi) is 4.93. The highest BCUT2D eigenvalue weighted by Crippen LogP contribution is 2.53. The van der Waals surface area contributed by atoms with E-state index in [9.17, 15) is 39.2 Å². The van der Waals surface area contributed by atoms with Crippen LogP contribution < -0.4 is 5.73 Å². The topological polar surface area (TPSA) is 161 Å². The molecule has 0 saturated heterocycles. The normalized spacial score (nSPS) is 28.6. The Labute approximate surface area is 187 Å². The minimum Gasteiger partial charge on any atom is -0.508 e. The van der Waals surface area contributed by atoms with Crippen molar-refractivity contribution in [3.8, 4) is 5.75 Å². The van der Waals surface area contributed by atoms with Gasteiger partial charge in [0, 0.05) is 17.1 Å². The van der Waals surface area contributed by atoms with Gasteiger partial charge in [-0.2, -0.15) is 0 Å². The molecular weight excluding hydrogens is 435 g/mol. The van der Waals surface area contributed by atoms with Crippen molar-refractivity contribution >= 4 is 23.2 Å². The number of fused-ring (bicyclic) bond motifs is 3. The van der Waals surface area contributed by atoms with Crippen LogP contribution in [-0.4, -0.2) is 54.4 Å². The fourth-order valence-corrected chi connectivity index (χ4v) is 5.26. The number of aliphatic hydroxyl groups excluding tert-OH is 2. The Morgan fingerprint density at radius 2 is 1.85 bits per heavy atom. The first-order chi connectivity index (χ1) is 15.5. The number of carbonyl (C=O) groups is 3. The lowest BCUT2D eigenvalue weighted by Crippen LogP contribution is -2.65. The van der Waals surface area contributed by atoms with E-state index in [1.807, 2.05) is 0 Å². The Bertz CT molecular complexity index is 1210. The number of rotatable bonds is 4. The minimum absolute atomic E-state index is 0.0277. The van der Waals surface area contributed by atoms with Gasteiger partial charge in [-0.05, 0) is 43.3 Å². The molecule has 3 aliphatic rings. The number of halogens is 1. The van der Waals surface area contributed by atoms with Gasteiger partial charge in [0.05, 0.1) is 5.56 Å². The van der Waals surface area contributed by atoms with Crippen LogP contribution in [0.15, 0.2) is 54.6 Å². The molecule has 4 rings (SSSR count). The van der Waals surface area contributed by atoms with E-state index >= 15 is 0 Å². The van der Waals surface area contributed by atoms with E-state index in [1.165, 1.54) is 17.3 Å². The first kappa shape index (κ1) is 22.3. The molecule has 0 radical (unpaired) electrons. The van der Waals surface area contributed by atoms with E-state index in [2.05, 4.69) is 13.2 Å². The summed E-state index contributed by atoms with van der Waals surface area (Å²) in [7, 11) is 0. The monoisotopic (exact) mass is 456 g/mol. The summed E-state index contributed by atoms with van der Waals surface area (Å²) in [5.74, 6) is -8.82. The highest BCUT2D eigenvalue weighted by Gasteiger charge is 2.64. The molecule has 1 fully saturated rings. The summed E-state index contributed by atoms with van der Waals surface area (Å²) in [6.45, 7) is 7.14. The van der Waals surface area contributed by atoms with E-state index in [0.717, 1.165) is 12.1 Å². The van der Waals surface area contributed by atoms with Gasteiger partial charge < -0.3 is 31.1 Å². The van der Waals surface area contributed by atoms with Crippen molar-refractivity contribution < 1.29 is 39.2 Å². The van der Waals surface area contributed by atoms with Crippen LogP contribution in [0, 0.1) is 17.7 Å². The molecule has 0 bridgehead atoms. The molecule has 0 aliphatic heterocycles. The number of carbonyl (C=O) groups excluding carboxylic acids is 3. The van der Waals surface area contributed by atoms with Crippen LogP contribution in [0.5, 0.6) is 5.75 Å². The molecular formula is C23H21FN2O7. The second kappa shape index (κ2) is 7.31. The second-order valence-corrected chi connectivity index (χ2v) is 8.23. The summed E-state index contributed by atoms with van der Waals surface area (Å²) in [5, 5.41) is 43.3. The highest BCUT2D eigenvalue weighted by molar-refractivity contribution is 6.24. The predicted molar refractivity (Wildman–Crippen MR) is 113 cm³/mol. The van der Waals surface area contributed by atoms with Crippen molar-refractivity contribution in [1.82, 2.24) is 4.90 Å². The Morgan fingerprint density at radius 3 is 2.42 bits per heavy atom. The number of phenolic OH excluding ortho intramolecular Hbond substituents is 1. The van der Waals surface area contributed by atoms with Crippen molar-refractivity contribution in [3.05, 3.63) is 71.5 Å². The van der Waals surface area contributed by atoms with E-state index in [1.54, 1.807) is 0 Å². The van der Waals surface area contributed by atoms with Crippen LogP contribution in [0.25, 0.3) is 5.76 Å². The van der Waals surface area contributed by atoms with E-state index in [4.69, 9.17) is 5.73 Å². The summed E-state index contributed by atoms with van der Waals surface area (Å²) < 4.78 is 14.5. The average molecular weight is 456 g/mol. The molecule has 1 aromatic carbocycles. The molecule has 1 aromatic rings. The predicted octanol–water partition coefficient (Wildman–Crippen LogP) is 1.13. The lowest BCUT2D eigenvalue weighted by Gasteiger charge is -2.50. The lowest BCUT2D eigenvalue weighted by atomic mass is 9.57. The number of benzene rings is 1. The number of amides is 1. The number of primary amides is 1. The van der Waals surface area contributed by atoms with Gasteiger partial charge in [0.25, 0.3) is 5.91 Å². The minimum atomic E-state index is -2.80. The third-order valence-corrected chi connectivity index (χ3v) is 6.73. The SMILES string of the molecule is C=CN(C=C)[C@@H]1C(=O)C(C(N)=O)=C(O)[C@@]2(O)C(=O)C3=C(O)c4c(O)ccc(F)c4C[C@H]3C[C@@H]12. The third-order valence-electron chi connectivity index (χ3n) is 6.73. The highest BCUT2D eigenvalue weighted by atomic mass is 19.1. The summed E-state index contributed by atoms with van der Waals surface area (Å²) in [6, 6.07) is 0.650. The van der Waals surface area contributed by atoms with Crippen molar-refractivity contribution in [2.75, 3.05) is 0 Å². The number of nitrogens with zero attached hydrogens (tertiary/aromatic N) is 1. The van der Waals surface area contributed by atoms with Gasteiger partial charge in [0.1, 0.15) is 34.7 Å². The van der Waals surface area contributed by atoms with E-state index in [-0.39, 0.29) is 29.5 Å². The Morgan fingerprint density at radius 1 is 1.21 bits per heavy atom. The number of nitrogens with two attached hydrogens (primary N) is 1. The third kappa shape index (κ3) is 2.77. The molecule has 3 aliphatic carbocycles. The maximum Gasteiger partial charge on any atom is 0.255 e. The molecule has 0 heterocycles. The summed E-state index contributed by atoms with van der Waals surface area (Å²) in [4.78, 5) is 39.9. The van der Waals surface area contributed by atoms with Crippen LogP contribution >= 0.6 is 0 Å². The number of ketones is 2. The number of hydrogen-bond acceptors (Lipinski definition) is 8. The molecule has 1 saturated carbocycles. The zero-order valence-electron chi connectivity index (χ0n) is 17.3. The second-order valence-electron chi connectivity index (χ2n) is 8.23. The van der Waals surface area contributed by atoms with Crippen LogP contribution in [0.1, 0.15) is 17.5 Å². The van der Waals surface area contributed by atoms with Gasteiger partial charge in [-0.3, -0.25) is 14.4 Å². The van der Waals surface area contributed by atoms with Gasteiger partial charge in [-0.25, -0.2) is 4.39 Å². The first-order valence-electron chi connectivity index (χ1n) is 10.0. The zero-order chi connectivity index (χ0) is 24.4. The van der Waals surface area contributed by atoms with Gasteiger partial charge in [0.2, 0.25) is 5.78 Å². The molecule has 0 aromatic heterocycles. The van der Waals surface area contributed by atoms with Gasteiger partial charge >= 0.3 is 0 Å². The first-order valence-corrected chi connectivity index (χ1v) is 10.0. The van der Waals surface area contributed by atoms with E-state index < -0.39 is 69.6 Å². The molecule has 1 amide bonds. The molecule has 172 valence electrons. The van der Waals surface area contributed by atoms with Crippen molar-refractivity contribution in [2.45, 2.75) is 24.5 Å². The molecule has 0 spiro atoms. The van der Waals surface area contributed by atoms with Crippen LogP contribution in [0.3, 0.4) is 0 Å². The maximum atomic E-state index is 14.5. The van der Waals surface area contributed by atoms with Crippen molar-refractivity contribution in [2.24, 2.45) is 17.6 Å². The number of phenols is 1. The smallest absolute Gasteiger partial charge is 0.255 e. The van der Waals surface area contributed by atoms with Crippen LogP contribution in [-0.2, 0) is 20.8 Å². The Balaban J connectivity index is 2.01. The number of aliphatic hydroxyl groups is 3. The quantitative estimate of drug-likeness (QED) is 0.421. The number of hydrogen-bond donors (Lipinski definition) is 5. The van der Waals surface area contributed by atoms with E-state index in [0.29, 0.717) is 0 Å². The van der Waals surface area contributed by atoms with Crippen molar-refractivity contribution in [3.63, 3.8) is 0 Å². The fraction of sp³-hybridized carbons (Fsp3) is 0.261. The van der Waals surface area contributed by atoms with Crippen LogP contribution in [0.4, 0.5) is 4.39 Å². The van der Waals surface area contributed by atoms with Crippen molar-refractivity contribution in [1.29, 1.82) is 0 Å².